The fraction of sp³-hybridized carbons (Fsp3) is 0.227. The average molecular weight is 464 g/mol. The molecular weight excluding hydrogens is 444 g/mol. The van der Waals surface area contributed by atoms with Crippen molar-refractivity contribution >= 4 is 51.0 Å². The molecule has 156 valence electrons. The molecule has 0 unspecified atom stereocenters. The number of halogens is 3. The average Bonchev–Trinajstić information content (AvgIpc) is 3.10. The molecular formula is C22H20Cl2FN3OS. The topological polar surface area (TPSA) is 49.6 Å². The van der Waals surface area contributed by atoms with E-state index < -0.39 is 5.82 Å². The number of carbonyl (C=O) groups is 1. The molecule has 8 heteroatoms. The zero-order valence-electron chi connectivity index (χ0n) is 16.1. The predicted molar refractivity (Wildman–Crippen MR) is 123 cm³/mol. The van der Waals surface area contributed by atoms with Crippen LogP contribution < -0.4 is 10.6 Å². The summed E-state index contributed by atoms with van der Waals surface area (Å²) in [6, 6.07) is 11.7. The summed E-state index contributed by atoms with van der Waals surface area (Å²) < 4.78 is 13.4. The van der Waals surface area contributed by atoms with Gasteiger partial charge in [-0.25, -0.2) is 4.39 Å². The fourth-order valence-electron chi connectivity index (χ4n) is 3.62. The highest BCUT2D eigenvalue weighted by Crippen LogP contribution is 2.30. The third kappa shape index (κ3) is 4.47. The maximum absolute atomic E-state index is 13.4. The quantitative estimate of drug-likeness (QED) is 0.519. The summed E-state index contributed by atoms with van der Waals surface area (Å²) in [7, 11) is 0. The first-order valence-electron chi connectivity index (χ1n) is 9.51. The number of rotatable bonds is 5. The van der Waals surface area contributed by atoms with Crippen LogP contribution in [0.2, 0.25) is 10.0 Å². The Morgan fingerprint density at radius 2 is 1.77 bits per heavy atom. The molecule has 1 fully saturated rings. The molecule has 0 atom stereocenters. The number of benzene rings is 2. The second-order valence-electron chi connectivity index (χ2n) is 7.20. The maximum Gasteiger partial charge on any atom is 0.196 e. The SMILES string of the molecule is Nc1scc(CN2CCN(c3ccc(F)c(Cl)c3)CC2)c1C(=O)c1ccc(Cl)cc1. The Bertz CT molecular complexity index is 1060. The van der Waals surface area contributed by atoms with Crippen LogP contribution in [0.3, 0.4) is 0 Å². The molecule has 4 rings (SSSR count). The van der Waals surface area contributed by atoms with Gasteiger partial charge in [-0.1, -0.05) is 23.2 Å². The highest BCUT2D eigenvalue weighted by Gasteiger charge is 2.23. The molecule has 2 N–H and O–H groups in total. The largest absolute Gasteiger partial charge is 0.390 e. The van der Waals surface area contributed by atoms with E-state index in [1.165, 1.54) is 17.4 Å². The van der Waals surface area contributed by atoms with E-state index >= 15 is 0 Å². The van der Waals surface area contributed by atoms with Crippen molar-refractivity contribution in [1.82, 2.24) is 4.90 Å². The Hall–Kier alpha value is -2.12. The molecule has 0 amide bonds. The minimum absolute atomic E-state index is 0.0833. The van der Waals surface area contributed by atoms with Gasteiger partial charge in [0.2, 0.25) is 0 Å². The van der Waals surface area contributed by atoms with Crippen LogP contribution >= 0.6 is 34.5 Å². The number of hydrogen-bond donors (Lipinski definition) is 1. The van der Waals surface area contributed by atoms with E-state index in [0.29, 0.717) is 27.7 Å². The van der Waals surface area contributed by atoms with Crippen molar-refractivity contribution in [2.75, 3.05) is 36.8 Å². The van der Waals surface area contributed by atoms with Crippen molar-refractivity contribution in [2.45, 2.75) is 6.54 Å². The van der Waals surface area contributed by atoms with Crippen LogP contribution in [0.5, 0.6) is 0 Å². The number of thiophene rings is 1. The van der Waals surface area contributed by atoms with Gasteiger partial charge in [0.05, 0.1) is 15.6 Å². The molecule has 1 aromatic heterocycles. The molecule has 0 aliphatic carbocycles. The monoisotopic (exact) mass is 463 g/mol. The lowest BCUT2D eigenvalue weighted by molar-refractivity contribution is 0.103. The van der Waals surface area contributed by atoms with Gasteiger partial charge in [0, 0.05) is 49.0 Å². The van der Waals surface area contributed by atoms with Crippen LogP contribution in [-0.2, 0) is 6.54 Å². The molecule has 1 aliphatic rings. The van der Waals surface area contributed by atoms with E-state index in [0.717, 1.165) is 37.4 Å². The standard InChI is InChI=1S/C22H20Cl2FN3OS/c23-16-3-1-14(2-4-16)21(29)20-15(13-30-22(20)26)12-27-7-9-28(10-8-27)17-5-6-19(25)18(24)11-17/h1-6,11,13H,7-10,12,26H2. The van der Waals surface area contributed by atoms with E-state index in [-0.39, 0.29) is 10.8 Å². The third-order valence-electron chi connectivity index (χ3n) is 5.26. The van der Waals surface area contributed by atoms with E-state index in [9.17, 15) is 9.18 Å². The first-order valence-corrected chi connectivity index (χ1v) is 11.1. The number of hydrogen-bond acceptors (Lipinski definition) is 5. The summed E-state index contributed by atoms with van der Waals surface area (Å²) in [5.74, 6) is -0.494. The molecule has 3 aromatic rings. The molecule has 2 heterocycles. The minimum Gasteiger partial charge on any atom is -0.390 e. The summed E-state index contributed by atoms with van der Waals surface area (Å²) in [5, 5.41) is 3.22. The van der Waals surface area contributed by atoms with Crippen LogP contribution in [0.4, 0.5) is 15.1 Å². The van der Waals surface area contributed by atoms with Gasteiger partial charge in [0.25, 0.3) is 0 Å². The van der Waals surface area contributed by atoms with Crippen molar-refractivity contribution in [3.8, 4) is 0 Å². The predicted octanol–water partition coefficient (Wildman–Crippen LogP) is 5.33. The summed E-state index contributed by atoms with van der Waals surface area (Å²) in [6.07, 6.45) is 0. The van der Waals surface area contributed by atoms with Gasteiger partial charge in [-0.3, -0.25) is 9.69 Å². The van der Waals surface area contributed by atoms with Crippen molar-refractivity contribution in [2.24, 2.45) is 0 Å². The number of piperazine rings is 1. The second kappa shape index (κ2) is 8.94. The highest BCUT2D eigenvalue weighted by atomic mass is 35.5. The smallest absolute Gasteiger partial charge is 0.196 e. The van der Waals surface area contributed by atoms with Crippen molar-refractivity contribution in [3.05, 3.63) is 80.4 Å². The van der Waals surface area contributed by atoms with Gasteiger partial charge in [0.15, 0.2) is 5.78 Å². The van der Waals surface area contributed by atoms with Gasteiger partial charge in [-0.15, -0.1) is 11.3 Å². The Kier molecular flexibility index (Phi) is 6.29. The van der Waals surface area contributed by atoms with E-state index in [1.54, 1.807) is 36.4 Å². The van der Waals surface area contributed by atoms with Crippen molar-refractivity contribution < 1.29 is 9.18 Å². The molecule has 0 radical (unpaired) electrons. The number of ketones is 1. The Balaban J connectivity index is 1.44. The third-order valence-corrected chi connectivity index (χ3v) is 6.67. The Morgan fingerprint density at radius 3 is 2.43 bits per heavy atom. The minimum atomic E-state index is -0.410. The molecule has 2 aromatic carbocycles. The molecule has 0 spiro atoms. The zero-order chi connectivity index (χ0) is 21.3. The van der Waals surface area contributed by atoms with Crippen LogP contribution in [0.25, 0.3) is 0 Å². The number of anilines is 2. The van der Waals surface area contributed by atoms with E-state index in [4.69, 9.17) is 28.9 Å². The maximum atomic E-state index is 13.4. The normalized spacial score (nSPS) is 14.8. The number of nitrogen functional groups attached to an aromatic ring is 1. The second-order valence-corrected chi connectivity index (χ2v) is 8.95. The highest BCUT2D eigenvalue weighted by molar-refractivity contribution is 7.14. The van der Waals surface area contributed by atoms with Gasteiger partial charge < -0.3 is 10.6 Å². The molecule has 30 heavy (non-hydrogen) atoms. The Labute approximate surface area is 188 Å². The summed E-state index contributed by atoms with van der Waals surface area (Å²) in [6.45, 7) is 3.88. The fourth-order valence-corrected chi connectivity index (χ4v) is 4.72. The van der Waals surface area contributed by atoms with Crippen molar-refractivity contribution in [1.29, 1.82) is 0 Å². The molecule has 4 nitrogen and oxygen atoms in total. The number of nitrogens with zero attached hydrogens (tertiary/aromatic N) is 2. The molecule has 0 saturated carbocycles. The summed E-state index contributed by atoms with van der Waals surface area (Å²) >= 11 is 13.2. The number of carbonyl (C=O) groups excluding carboxylic acids is 1. The van der Waals surface area contributed by atoms with Crippen molar-refractivity contribution in [3.63, 3.8) is 0 Å². The van der Waals surface area contributed by atoms with Crippen LogP contribution in [0.15, 0.2) is 47.8 Å². The lowest BCUT2D eigenvalue weighted by atomic mass is 10.0. The van der Waals surface area contributed by atoms with Gasteiger partial charge in [0.1, 0.15) is 5.82 Å². The summed E-state index contributed by atoms with van der Waals surface area (Å²) in [4.78, 5) is 17.5. The number of nitrogens with two attached hydrogens (primary N) is 1. The molecule has 1 saturated heterocycles. The van der Waals surface area contributed by atoms with Gasteiger partial charge >= 0.3 is 0 Å². The van der Waals surface area contributed by atoms with Crippen LogP contribution in [0.1, 0.15) is 21.5 Å². The first kappa shape index (κ1) is 21.1. The van der Waals surface area contributed by atoms with E-state index in [1.807, 2.05) is 5.38 Å². The first-order chi connectivity index (χ1) is 14.4. The lowest BCUT2D eigenvalue weighted by Crippen LogP contribution is -2.46. The lowest BCUT2D eigenvalue weighted by Gasteiger charge is -2.36. The van der Waals surface area contributed by atoms with Crippen LogP contribution in [0, 0.1) is 5.82 Å². The Morgan fingerprint density at radius 1 is 1.07 bits per heavy atom. The van der Waals surface area contributed by atoms with Crippen LogP contribution in [-0.4, -0.2) is 36.9 Å². The summed E-state index contributed by atoms with van der Waals surface area (Å²) in [5.41, 5.74) is 9.15. The van der Waals surface area contributed by atoms with E-state index in [2.05, 4.69) is 9.80 Å². The molecule has 0 bridgehead atoms. The zero-order valence-corrected chi connectivity index (χ0v) is 18.4. The van der Waals surface area contributed by atoms with Gasteiger partial charge in [-0.2, -0.15) is 0 Å². The molecule has 1 aliphatic heterocycles. The van der Waals surface area contributed by atoms with Gasteiger partial charge in [-0.05, 0) is 53.4 Å².